The molecule has 0 atom stereocenters. The maximum Gasteiger partial charge on any atom is 0.309 e. The van der Waals surface area contributed by atoms with Gasteiger partial charge in [0, 0.05) is 4.90 Å². The summed E-state index contributed by atoms with van der Waals surface area (Å²) in [6, 6.07) is 3.71. The number of thioether (sulfide) groups is 1. The number of piperidine rings is 1. The van der Waals surface area contributed by atoms with Crippen molar-refractivity contribution in [3.63, 3.8) is 0 Å². The molecule has 0 unspecified atom stereocenters. The lowest BCUT2D eigenvalue weighted by Crippen LogP contribution is -2.32. The molecule has 1 saturated heterocycles. The summed E-state index contributed by atoms with van der Waals surface area (Å²) in [4.78, 5) is 22.2. The van der Waals surface area contributed by atoms with Crippen LogP contribution in [0.2, 0.25) is 10.0 Å². The number of carbonyl (C=O) groups excluding carboxylic acids is 2. The number of halogens is 2. The van der Waals surface area contributed by atoms with Crippen LogP contribution in [0.3, 0.4) is 0 Å². The van der Waals surface area contributed by atoms with Crippen molar-refractivity contribution in [2.75, 3.05) is 26.0 Å². The maximum atomic E-state index is 11.1. The second-order valence-electron chi connectivity index (χ2n) is 5.26. The molecular formula is C18H23Cl2NO3S. The van der Waals surface area contributed by atoms with Crippen LogP contribution in [0, 0.1) is 5.92 Å². The van der Waals surface area contributed by atoms with Gasteiger partial charge in [-0.15, -0.1) is 11.8 Å². The van der Waals surface area contributed by atoms with Crippen LogP contribution in [-0.4, -0.2) is 38.2 Å². The molecule has 0 aliphatic carbocycles. The number of rotatable bonds is 5. The van der Waals surface area contributed by atoms with E-state index in [1.165, 1.54) is 17.8 Å². The van der Waals surface area contributed by atoms with Crippen LogP contribution < -0.4 is 5.32 Å². The molecule has 7 heteroatoms. The molecule has 1 N–H and O–H groups in total. The lowest BCUT2D eigenvalue weighted by Gasteiger charge is -2.20. The largest absolute Gasteiger partial charge is 0.466 e. The topological polar surface area (TPSA) is 55.4 Å². The molecule has 1 aromatic rings. The molecule has 1 aliphatic heterocycles. The zero-order valence-corrected chi connectivity index (χ0v) is 16.7. The molecule has 1 aromatic carbocycles. The fourth-order valence-corrected chi connectivity index (χ4v) is 3.47. The van der Waals surface area contributed by atoms with Crippen molar-refractivity contribution in [2.24, 2.45) is 5.92 Å². The summed E-state index contributed by atoms with van der Waals surface area (Å²) in [6.45, 7) is 4.24. The third-order valence-electron chi connectivity index (χ3n) is 3.61. The number of ether oxygens (including phenoxy) is 1. The van der Waals surface area contributed by atoms with Gasteiger partial charge in [-0.3, -0.25) is 9.59 Å². The first-order valence-electron chi connectivity index (χ1n) is 8.06. The molecule has 4 nitrogen and oxygen atoms in total. The molecule has 2 rings (SSSR count). The highest BCUT2D eigenvalue weighted by atomic mass is 35.5. The van der Waals surface area contributed by atoms with E-state index in [1.54, 1.807) is 6.08 Å². The predicted octanol–water partition coefficient (Wildman–Crippen LogP) is 4.48. The molecule has 0 bridgehead atoms. The number of hydrogen-bond donors (Lipinski definition) is 1. The lowest BCUT2D eigenvalue weighted by molar-refractivity contribution is -0.148. The van der Waals surface area contributed by atoms with Gasteiger partial charge < -0.3 is 10.1 Å². The van der Waals surface area contributed by atoms with Crippen molar-refractivity contribution >= 4 is 53.3 Å². The summed E-state index contributed by atoms with van der Waals surface area (Å²) in [6.07, 6.45) is 7.50. The van der Waals surface area contributed by atoms with Gasteiger partial charge in [-0.2, -0.15) is 0 Å². The normalized spacial score (nSPS) is 14.7. The monoisotopic (exact) mass is 403 g/mol. The summed E-state index contributed by atoms with van der Waals surface area (Å²) < 4.78 is 4.91. The minimum absolute atomic E-state index is 0.0194. The standard InChI is InChI=1S/C10H8Cl2OS.C8H15NO2/c1-14-8-5-4-7(3-2-6-13)9(11)10(8)12;1-2-11-8(10)7-3-5-9-6-4-7/h2-6H,1H3;7,9H,2-6H2,1H3/b3-2+;. The SMILES string of the molecule is CCOC(=O)C1CCNCC1.CSc1ccc(/C=C/C=O)c(Cl)c1Cl. The molecule has 1 fully saturated rings. The Morgan fingerprint density at radius 2 is 2.00 bits per heavy atom. The highest BCUT2D eigenvalue weighted by molar-refractivity contribution is 7.98. The fourth-order valence-electron chi connectivity index (χ4n) is 2.29. The minimum Gasteiger partial charge on any atom is -0.466 e. The van der Waals surface area contributed by atoms with E-state index in [9.17, 15) is 9.59 Å². The van der Waals surface area contributed by atoms with E-state index < -0.39 is 0 Å². The van der Waals surface area contributed by atoms with Crippen LogP contribution in [-0.2, 0) is 14.3 Å². The fraction of sp³-hybridized carbons (Fsp3) is 0.444. The molecular weight excluding hydrogens is 381 g/mol. The molecule has 138 valence electrons. The van der Waals surface area contributed by atoms with E-state index in [0.717, 1.165) is 36.4 Å². The van der Waals surface area contributed by atoms with Crippen molar-refractivity contribution in [1.82, 2.24) is 5.32 Å². The smallest absolute Gasteiger partial charge is 0.309 e. The Labute approximate surface area is 163 Å². The van der Waals surface area contributed by atoms with Gasteiger partial charge in [0.1, 0.15) is 6.29 Å². The minimum atomic E-state index is -0.0194. The van der Waals surface area contributed by atoms with Crippen LogP contribution in [0.1, 0.15) is 25.3 Å². The van der Waals surface area contributed by atoms with Gasteiger partial charge in [-0.25, -0.2) is 0 Å². The predicted molar refractivity (Wildman–Crippen MR) is 106 cm³/mol. The average molecular weight is 404 g/mol. The Bertz CT molecular complexity index is 602. The number of nitrogens with one attached hydrogen (secondary N) is 1. The van der Waals surface area contributed by atoms with Gasteiger partial charge in [0.2, 0.25) is 0 Å². The zero-order chi connectivity index (χ0) is 18.7. The Morgan fingerprint density at radius 1 is 1.32 bits per heavy atom. The third kappa shape index (κ3) is 7.40. The maximum absolute atomic E-state index is 11.1. The first-order chi connectivity index (χ1) is 12.0. The van der Waals surface area contributed by atoms with Gasteiger partial charge in [-0.05, 0) is 56.8 Å². The van der Waals surface area contributed by atoms with Crippen LogP contribution in [0.4, 0.5) is 0 Å². The lowest BCUT2D eigenvalue weighted by atomic mass is 9.99. The first-order valence-corrected chi connectivity index (χ1v) is 10.0. The van der Waals surface area contributed by atoms with Crippen LogP contribution in [0.5, 0.6) is 0 Å². The molecule has 25 heavy (non-hydrogen) atoms. The van der Waals surface area contributed by atoms with E-state index in [1.807, 2.05) is 25.3 Å². The number of carbonyl (C=O) groups is 2. The first kappa shape index (κ1) is 22.0. The van der Waals surface area contributed by atoms with Gasteiger partial charge in [0.25, 0.3) is 0 Å². The Balaban J connectivity index is 0.000000257. The zero-order valence-electron chi connectivity index (χ0n) is 14.4. The number of aldehydes is 1. The number of esters is 1. The molecule has 0 spiro atoms. The van der Waals surface area contributed by atoms with Crippen LogP contribution >= 0.6 is 35.0 Å². The third-order valence-corrected chi connectivity index (χ3v) is 5.40. The van der Waals surface area contributed by atoms with E-state index in [4.69, 9.17) is 27.9 Å². The molecule has 1 heterocycles. The quantitative estimate of drug-likeness (QED) is 0.340. The molecule has 0 radical (unpaired) electrons. The van der Waals surface area contributed by atoms with Crippen LogP contribution in [0.15, 0.2) is 23.1 Å². The van der Waals surface area contributed by atoms with Crippen LogP contribution in [0.25, 0.3) is 6.08 Å². The Hall–Kier alpha value is -1.01. The summed E-state index contributed by atoms with van der Waals surface area (Å²) >= 11 is 13.5. The second-order valence-corrected chi connectivity index (χ2v) is 6.86. The highest BCUT2D eigenvalue weighted by Gasteiger charge is 2.21. The van der Waals surface area contributed by atoms with Gasteiger partial charge >= 0.3 is 5.97 Å². The second kappa shape index (κ2) is 12.4. The number of allylic oxidation sites excluding steroid dienone is 1. The summed E-state index contributed by atoms with van der Waals surface area (Å²) in [5, 5.41) is 4.22. The van der Waals surface area contributed by atoms with Gasteiger partial charge in [-0.1, -0.05) is 35.3 Å². The van der Waals surface area contributed by atoms with Gasteiger partial charge in [0.15, 0.2) is 0 Å². The molecule has 0 saturated carbocycles. The van der Waals surface area contributed by atoms with Crippen molar-refractivity contribution < 1.29 is 14.3 Å². The average Bonchev–Trinajstić information content (AvgIpc) is 2.64. The number of benzene rings is 1. The van der Waals surface area contributed by atoms with E-state index >= 15 is 0 Å². The molecule has 0 aromatic heterocycles. The van der Waals surface area contributed by atoms with Crippen molar-refractivity contribution in [2.45, 2.75) is 24.7 Å². The highest BCUT2D eigenvalue weighted by Crippen LogP contribution is 2.34. The summed E-state index contributed by atoms with van der Waals surface area (Å²) in [5.74, 6) is 0.130. The Morgan fingerprint density at radius 3 is 2.56 bits per heavy atom. The van der Waals surface area contributed by atoms with Crippen molar-refractivity contribution in [3.8, 4) is 0 Å². The van der Waals surface area contributed by atoms with E-state index in [2.05, 4.69) is 5.32 Å². The molecule has 0 amide bonds. The van der Waals surface area contributed by atoms with E-state index in [0.29, 0.717) is 22.9 Å². The van der Waals surface area contributed by atoms with Crippen molar-refractivity contribution in [3.05, 3.63) is 33.8 Å². The van der Waals surface area contributed by atoms with Crippen molar-refractivity contribution in [1.29, 1.82) is 0 Å². The van der Waals surface area contributed by atoms with E-state index in [-0.39, 0.29) is 11.9 Å². The summed E-state index contributed by atoms with van der Waals surface area (Å²) in [7, 11) is 0. The van der Waals surface area contributed by atoms with Gasteiger partial charge in [0.05, 0.1) is 22.6 Å². The Kier molecular flexibility index (Phi) is 10.9. The summed E-state index contributed by atoms with van der Waals surface area (Å²) in [5.41, 5.74) is 0.751. The molecule has 1 aliphatic rings. The number of hydrogen-bond acceptors (Lipinski definition) is 5.